The molecule has 1 aliphatic rings. The highest BCUT2D eigenvalue weighted by Crippen LogP contribution is 2.45. The minimum Gasteiger partial charge on any atom is -0.354 e. The third-order valence-corrected chi connectivity index (χ3v) is 4.22. The average molecular weight is 278 g/mol. The molecule has 1 fully saturated rings. The standard InChI is InChI=1S/C15H26N4O/c1-11(2)7-15(4-3-5-15)9-18-14(20)13(16)6-12-8-17-10-19-12/h8,10-11,13H,3-7,9,16H2,1-2H3,(H,17,19)(H,18,20)/t13-/m0/s1. The van der Waals surface area contributed by atoms with Crippen molar-refractivity contribution >= 4 is 5.91 Å². The summed E-state index contributed by atoms with van der Waals surface area (Å²) >= 11 is 0. The van der Waals surface area contributed by atoms with Gasteiger partial charge in [-0.05, 0) is 30.6 Å². The Morgan fingerprint density at radius 1 is 1.55 bits per heavy atom. The van der Waals surface area contributed by atoms with Gasteiger partial charge in [0.05, 0.1) is 12.4 Å². The van der Waals surface area contributed by atoms with E-state index in [-0.39, 0.29) is 5.91 Å². The molecule has 1 amide bonds. The Hall–Kier alpha value is -1.36. The van der Waals surface area contributed by atoms with Gasteiger partial charge >= 0.3 is 0 Å². The molecule has 5 heteroatoms. The maximum Gasteiger partial charge on any atom is 0.237 e. The molecule has 1 atom stereocenters. The van der Waals surface area contributed by atoms with E-state index in [0.717, 1.165) is 12.2 Å². The van der Waals surface area contributed by atoms with E-state index in [1.807, 2.05) is 0 Å². The number of aromatic nitrogens is 2. The van der Waals surface area contributed by atoms with E-state index in [9.17, 15) is 4.79 Å². The van der Waals surface area contributed by atoms with Gasteiger partial charge in [0.2, 0.25) is 5.91 Å². The number of hydrogen-bond acceptors (Lipinski definition) is 3. The van der Waals surface area contributed by atoms with Crippen LogP contribution in [0, 0.1) is 11.3 Å². The molecule has 1 aliphatic carbocycles. The Kier molecular flexibility index (Phi) is 4.81. The number of nitrogens with one attached hydrogen (secondary N) is 2. The van der Waals surface area contributed by atoms with Gasteiger partial charge in [0.25, 0.3) is 0 Å². The van der Waals surface area contributed by atoms with E-state index in [2.05, 4.69) is 29.1 Å². The third kappa shape index (κ3) is 3.82. The van der Waals surface area contributed by atoms with Crippen molar-refractivity contribution in [2.75, 3.05) is 6.54 Å². The van der Waals surface area contributed by atoms with Crippen molar-refractivity contribution in [1.82, 2.24) is 15.3 Å². The molecule has 1 heterocycles. The minimum atomic E-state index is -0.508. The van der Waals surface area contributed by atoms with Gasteiger partial charge < -0.3 is 16.0 Å². The fourth-order valence-electron chi connectivity index (χ4n) is 3.13. The number of carbonyl (C=O) groups excluding carboxylic acids is 1. The van der Waals surface area contributed by atoms with Gasteiger partial charge in [-0.15, -0.1) is 0 Å². The van der Waals surface area contributed by atoms with Crippen LogP contribution in [-0.2, 0) is 11.2 Å². The Morgan fingerprint density at radius 2 is 2.30 bits per heavy atom. The summed E-state index contributed by atoms with van der Waals surface area (Å²) in [5, 5.41) is 3.04. The molecule has 20 heavy (non-hydrogen) atoms. The van der Waals surface area contributed by atoms with Crippen LogP contribution in [0.25, 0.3) is 0 Å². The summed E-state index contributed by atoms with van der Waals surface area (Å²) in [5.74, 6) is 0.612. The lowest BCUT2D eigenvalue weighted by Crippen LogP contribution is -2.48. The van der Waals surface area contributed by atoms with E-state index in [1.54, 1.807) is 12.5 Å². The number of imidazole rings is 1. The number of carbonyl (C=O) groups is 1. The van der Waals surface area contributed by atoms with Gasteiger partial charge in [-0.2, -0.15) is 0 Å². The number of H-pyrrole nitrogens is 1. The maximum absolute atomic E-state index is 12.1. The first-order valence-corrected chi connectivity index (χ1v) is 7.51. The lowest BCUT2D eigenvalue weighted by atomic mass is 9.64. The van der Waals surface area contributed by atoms with Gasteiger partial charge in [0.1, 0.15) is 0 Å². The second kappa shape index (κ2) is 6.39. The summed E-state index contributed by atoms with van der Waals surface area (Å²) in [6, 6.07) is -0.508. The molecule has 0 aliphatic heterocycles. The van der Waals surface area contributed by atoms with Crippen molar-refractivity contribution in [3.8, 4) is 0 Å². The SMILES string of the molecule is CC(C)CC1(CNC(=O)[C@@H](N)Cc2cnc[nH]2)CCC1. The molecule has 0 saturated heterocycles. The Bertz CT molecular complexity index is 423. The lowest BCUT2D eigenvalue weighted by molar-refractivity contribution is -0.123. The molecule has 1 saturated carbocycles. The lowest BCUT2D eigenvalue weighted by Gasteiger charge is -2.43. The van der Waals surface area contributed by atoms with Gasteiger partial charge in [0, 0.05) is 24.9 Å². The van der Waals surface area contributed by atoms with Crippen LogP contribution in [0.15, 0.2) is 12.5 Å². The Labute approximate surface area is 120 Å². The molecular formula is C15H26N4O. The van der Waals surface area contributed by atoms with Gasteiger partial charge in [-0.3, -0.25) is 4.79 Å². The first-order valence-electron chi connectivity index (χ1n) is 7.51. The van der Waals surface area contributed by atoms with Crippen LogP contribution in [0.3, 0.4) is 0 Å². The molecule has 1 aromatic heterocycles. The van der Waals surface area contributed by atoms with Crippen LogP contribution in [0.1, 0.15) is 45.2 Å². The van der Waals surface area contributed by atoms with Crippen LogP contribution in [0.2, 0.25) is 0 Å². The van der Waals surface area contributed by atoms with E-state index in [4.69, 9.17) is 5.73 Å². The summed E-state index contributed by atoms with van der Waals surface area (Å²) < 4.78 is 0. The van der Waals surface area contributed by atoms with Crippen LogP contribution >= 0.6 is 0 Å². The highest BCUT2D eigenvalue weighted by atomic mass is 16.2. The maximum atomic E-state index is 12.1. The van der Waals surface area contributed by atoms with Crippen molar-refractivity contribution in [3.05, 3.63) is 18.2 Å². The van der Waals surface area contributed by atoms with E-state index in [0.29, 0.717) is 17.8 Å². The van der Waals surface area contributed by atoms with Crippen LogP contribution in [0.4, 0.5) is 0 Å². The van der Waals surface area contributed by atoms with Gasteiger partial charge in [-0.25, -0.2) is 4.98 Å². The third-order valence-electron chi connectivity index (χ3n) is 4.22. The number of hydrogen-bond donors (Lipinski definition) is 3. The van der Waals surface area contributed by atoms with Crippen LogP contribution in [-0.4, -0.2) is 28.5 Å². The highest BCUT2D eigenvalue weighted by molar-refractivity contribution is 5.81. The number of nitrogens with two attached hydrogens (primary N) is 1. The average Bonchev–Trinajstić information content (AvgIpc) is 2.84. The first-order chi connectivity index (χ1) is 9.51. The summed E-state index contributed by atoms with van der Waals surface area (Å²) in [7, 11) is 0. The Balaban J connectivity index is 1.79. The molecule has 0 bridgehead atoms. The van der Waals surface area contributed by atoms with Crippen molar-refractivity contribution in [2.45, 2.75) is 52.0 Å². The van der Waals surface area contributed by atoms with Crippen LogP contribution < -0.4 is 11.1 Å². The number of aromatic amines is 1. The zero-order valence-corrected chi connectivity index (χ0v) is 12.5. The molecule has 0 spiro atoms. The fraction of sp³-hybridized carbons (Fsp3) is 0.733. The molecular weight excluding hydrogens is 252 g/mol. The molecule has 0 radical (unpaired) electrons. The topological polar surface area (TPSA) is 83.8 Å². The number of rotatable bonds is 7. The second-order valence-corrected chi connectivity index (χ2v) is 6.56. The van der Waals surface area contributed by atoms with Crippen molar-refractivity contribution in [3.63, 3.8) is 0 Å². The Morgan fingerprint density at radius 3 is 2.80 bits per heavy atom. The predicted molar refractivity (Wildman–Crippen MR) is 79.0 cm³/mol. The number of amides is 1. The molecule has 2 rings (SSSR count). The fourth-order valence-corrected chi connectivity index (χ4v) is 3.13. The van der Waals surface area contributed by atoms with E-state index < -0.39 is 6.04 Å². The zero-order chi connectivity index (χ0) is 14.6. The van der Waals surface area contributed by atoms with Crippen molar-refractivity contribution in [2.24, 2.45) is 17.1 Å². The predicted octanol–water partition coefficient (Wildman–Crippen LogP) is 1.61. The van der Waals surface area contributed by atoms with Crippen molar-refractivity contribution < 1.29 is 4.79 Å². The normalized spacial score (nSPS) is 18.6. The number of nitrogens with zero attached hydrogens (tertiary/aromatic N) is 1. The molecule has 4 N–H and O–H groups in total. The molecule has 0 aromatic carbocycles. The summed E-state index contributed by atoms with van der Waals surface area (Å²) in [6.45, 7) is 5.25. The molecule has 1 aromatic rings. The molecule has 112 valence electrons. The molecule has 5 nitrogen and oxygen atoms in total. The summed E-state index contributed by atoms with van der Waals surface area (Å²) in [4.78, 5) is 19.0. The summed E-state index contributed by atoms with van der Waals surface area (Å²) in [6.07, 6.45) is 8.72. The van der Waals surface area contributed by atoms with E-state index >= 15 is 0 Å². The monoisotopic (exact) mass is 278 g/mol. The largest absolute Gasteiger partial charge is 0.354 e. The van der Waals surface area contributed by atoms with Crippen LogP contribution in [0.5, 0.6) is 0 Å². The quantitative estimate of drug-likeness (QED) is 0.708. The van der Waals surface area contributed by atoms with Gasteiger partial charge in [0.15, 0.2) is 0 Å². The van der Waals surface area contributed by atoms with Crippen molar-refractivity contribution in [1.29, 1.82) is 0 Å². The molecule has 0 unspecified atom stereocenters. The summed E-state index contributed by atoms with van der Waals surface area (Å²) in [5.41, 5.74) is 7.15. The highest BCUT2D eigenvalue weighted by Gasteiger charge is 2.37. The van der Waals surface area contributed by atoms with Gasteiger partial charge in [-0.1, -0.05) is 20.3 Å². The smallest absolute Gasteiger partial charge is 0.237 e. The van der Waals surface area contributed by atoms with E-state index in [1.165, 1.54) is 25.7 Å². The second-order valence-electron chi connectivity index (χ2n) is 6.56. The minimum absolute atomic E-state index is 0.0605. The first kappa shape index (κ1) is 15.0. The zero-order valence-electron chi connectivity index (χ0n) is 12.5.